The summed E-state index contributed by atoms with van der Waals surface area (Å²) < 4.78 is 15.9. The van der Waals surface area contributed by atoms with Crippen molar-refractivity contribution in [2.45, 2.75) is 26.3 Å². The number of guanidine groups is 1. The second-order valence-corrected chi connectivity index (χ2v) is 9.38. The molecule has 212 valence electrons. The molecule has 0 saturated heterocycles. The molecule has 40 heavy (non-hydrogen) atoms. The maximum Gasteiger partial charge on any atom is 0.308 e. The summed E-state index contributed by atoms with van der Waals surface area (Å²) in [5.74, 6) is -1.30. The summed E-state index contributed by atoms with van der Waals surface area (Å²) in [7, 11) is 1.54. The molecule has 6 N–H and O–H groups in total. The Labute approximate surface area is 235 Å². The summed E-state index contributed by atoms with van der Waals surface area (Å²) in [6, 6.07) is 13.1. The molecule has 3 aromatic rings. The molecule has 1 unspecified atom stereocenters. The fraction of sp³-hybridized carbons (Fsp3) is 0.296. The number of amides is 2. The van der Waals surface area contributed by atoms with Crippen molar-refractivity contribution in [1.82, 2.24) is 10.3 Å². The van der Waals surface area contributed by atoms with E-state index in [-0.39, 0.29) is 42.0 Å². The lowest BCUT2D eigenvalue weighted by Gasteiger charge is -2.20. The number of nitrogens with one attached hydrogen (secondary N) is 2. The van der Waals surface area contributed by atoms with Crippen LogP contribution in [0, 0.1) is 6.92 Å². The lowest BCUT2D eigenvalue weighted by Crippen LogP contribution is -2.31. The summed E-state index contributed by atoms with van der Waals surface area (Å²) in [5.41, 5.74) is 12.5. The lowest BCUT2D eigenvalue weighted by atomic mass is 10.0. The van der Waals surface area contributed by atoms with Crippen molar-refractivity contribution >= 4 is 45.9 Å². The fourth-order valence-corrected chi connectivity index (χ4v) is 4.50. The van der Waals surface area contributed by atoms with Crippen LogP contribution in [-0.4, -0.2) is 55.7 Å². The van der Waals surface area contributed by atoms with E-state index in [1.807, 2.05) is 30.3 Å². The number of aliphatic imine (C=N–C) groups is 1. The van der Waals surface area contributed by atoms with Crippen LogP contribution in [-0.2, 0) is 14.3 Å². The van der Waals surface area contributed by atoms with Crippen LogP contribution in [0.3, 0.4) is 0 Å². The SMILES string of the molecule is CCOC(=O)CC(NC(=O)c1cc(NC(=O)c2sc(N=C(N)N)nc2C)ccc1OCCOC)c1ccccc1. The molecule has 1 atom stereocenters. The lowest BCUT2D eigenvalue weighted by molar-refractivity contribution is -0.143. The first-order valence-electron chi connectivity index (χ1n) is 12.4. The van der Waals surface area contributed by atoms with Crippen LogP contribution in [0.1, 0.15) is 50.7 Å². The van der Waals surface area contributed by atoms with Crippen molar-refractivity contribution in [2.24, 2.45) is 16.5 Å². The third-order valence-electron chi connectivity index (χ3n) is 5.43. The third kappa shape index (κ3) is 8.51. The Morgan fingerprint density at radius 2 is 1.82 bits per heavy atom. The zero-order chi connectivity index (χ0) is 29.1. The van der Waals surface area contributed by atoms with E-state index in [4.69, 9.17) is 25.7 Å². The minimum Gasteiger partial charge on any atom is -0.490 e. The largest absolute Gasteiger partial charge is 0.490 e. The van der Waals surface area contributed by atoms with Crippen molar-refractivity contribution in [3.8, 4) is 5.75 Å². The number of aromatic nitrogens is 1. The number of hydrogen-bond acceptors (Lipinski definition) is 9. The standard InChI is InChI=1S/C27H32N6O6S/c1-4-38-22(34)15-20(17-8-6-5-7-9-17)32-24(35)19-14-18(10-11-21(19)39-13-12-37-3)31-25(36)23-16(2)30-27(40-23)33-26(28)29/h5-11,14,20H,4,12-13,15H2,1-3H3,(H,31,36)(H,32,35)(H4,28,29,30,33). The van der Waals surface area contributed by atoms with E-state index in [1.165, 1.54) is 13.2 Å². The molecule has 0 saturated carbocycles. The molecule has 13 heteroatoms. The van der Waals surface area contributed by atoms with E-state index in [0.29, 0.717) is 22.9 Å². The molecule has 2 aromatic carbocycles. The number of nitrogens with zero attached hydrogens (tertiary/aromatic N) is 2. The van der Waals surface area contributed by atoms with Gasteiger partial charge in [-0.25, -0.2) is 4.98 Å². The predicted molar refractivity (Wildman–Crippen MR) is 152 cm³/mol. The molecule has 3 rings (SSSR count). The Hall–Kier alpha value is -4.49. The number of carbonyl (C=O) groups is 3. The molecule has 0 fully saturated rings. The Morgan fingerprint density at radius 3 is 2.50 bits per heavy atom. The Kier molecular flexibility index (Phi) is 11.0. The number of carbonyl (C=O) groups excluding carboxylic acids is 3. The highest BCUT2D eigenvalue weighted by molar-refractivity contribution is 7.17. The number of ether oxygens (including phenoxy) is 3. The highest BCUT2D eigenvalue weighted by Crippen LogP contribution is 2.28. The predicted octanol–water partition coefficient (Wildman–Crippen LogP) is 3.06. The van der Waals surface area contributed by atoms with Crippen molar-refractivity contribution in [3.05, 3.63) is 70.2 Å². The van der Waals surface area contributed by atoms with Gasteiger partial charge < -0.3 is 36.3 Å². The molecule has 1 heterocycles. The number of aryl methyl sites for hydroxylation is 1. The van der Waals surface area contributed by atoms with Gasteiger partial charge in [0.25, 0.3) is 11.8 Å². The Morgan fingerprint density at radius 1 is 1.07 bits per heavy atom. The summed E-state index contributed by atoms with van der Waals surface area (Å²) >= 11 is 1.03. The molecular formula is C27H32N6O6S. The number of rotatable bonds is 13. The number of benzene rings is 2. The summed E-state index contributed by atoms with van der Waals surface area (Å²) in [5, 5.41) is 5.93. The van der Waals surface area contributed by atoms with Crippen LogP contribution in [0.5, 0.6) is 5.75 Å². The van der Waals surface area contributed by atoms with Gasteiger partial charge in [-0.2, -0.15) is 4.99 Å². The van der Waals surface area contributed by atoms with Gasteiger partial charge in [-0.3, -0.25) is 14.4 Å². The van der Waals surface area contributed by atoms with Crippen LogP contribution in [0.2, 0.25) is 0 Å². The highest BCUT2D eigenvalue weighted by Gasteiger charge is 2.23. The normalized spacial score (nSPS) is 11.3. The topological polar surface area (TPSA) is 180 Å². The van der Waals surface area contributed by atoms with E-state index in [1.54, 1.807) is 26.0 Å². The third-order valence-corrected chi connectivity index (χ3v) is 6.48. The van der Waals surface area contributed by atoms with Crippen LogP contribution in [0.25, 0.3) is 0 Å². The smallest absolute Gasteiger partial charge is 0.308 e. The fourth-order valence-electron chi connectivity index (χ4n) is 3.65. The highest BCUT2D eigenvalue weighted by atomic mass is 32.1. The minimum atomic E-state index is -0.661. The molecule has 12 nitrogen and oxygen atoms in total. The first kappa shape index (κ1) is 30.1. The molecule has 0 aliphatic rings. The van der Waals surface area contributed by atoms with Gasteiger partial charge in [0.05, 0.1) is 36.9 Å². The van der Waals surface area contributed by atoms with Crippen molar-refractivity contribution in [2.75, 3.05) is 32.2 Å². The second kappa shape index (κ2) is 14.6. The van der Waals surface area contributed by atoms with Gasteiger partial charge in [0.15, 0.2) is 5.96 Å². The maximum atomic E-state index is 13.6. The van der Waals surface area contributed by atoms with Crippen LogP contribution >= 0.6 is 11.3 Å². The molecule has 2 amide bonds. The van der Waals surface area contributed by atoms with Gasteiger partial charge in [0, 0.05) is 12.8 Å². The average Bonchev–Trinajstić information content (AvgIpc) is 3.28. The average molecular weight is 569 g/mol. The number of esters is 1. The van der Waals surface area contributed by atoms with E-state index < -0.39 is 23.8 Å². The molecule has 1 aromatic heterocycles. The van der Waals surface area contributed by atoms with Crippen molar-refractivity contribution in [1.29, 1.82) is 0 Å². The second-order valence-electron chi connectivity index (χ2n) is 8.40. The number of hydrogen-bond donors (Lipinski definition) is 4. The van der Waals surface area contributed by atoms with E-state index in [9.17, 15) is 14.4 Å². The Balaban J connectivity index is 1.89. The van der Waals surface area contributed by atoms with Gasteiger partial charge in [-0.1, -0.05) is 41.7 Å². The van der Waals surface area contributed by atoms with Gasteiger partial charge in [0.2, 0.25) is 5.13 Å². The summed E-state index contributed by atoms with van der Waals surface area (Å²) in [4.78, 5) is 47.2. The first-order valence-corrected chi connectivity index (χ1v) is 13.2. The zero-order valence-electron chi connectivity index (χ0n) is 22.4. The quantitative estimate of drug-likeness (QED) is 0.104. The number of anilines is 1. The first-order chi connectivity index (χ1) is 19.2. The summed E-state index contributed by atoms with van der Waals surface area (Å²) in [6.07, 6.45) is -0.0668. The molecule has 0 bridgehead atoms. The van der Waals surface area contributed by atoms with Crippen LogP contribution < -0.4 is 26.8 Å². The van der Waals surface area contributed by atoms with Crippen molar-refractivity contribution < 1.29 is 28.6 Å². The monoisotopic (exact) mass is 568 g/mol. The van der Waals surface area contributed by atoms with Crippen LogP contribution in [0.15, 0.2) is 53.5 Å². The summed E-state index contributed by atoms with van der Waals surface area (Å²) in [6.45, 7) is 4.10. The van der Waals surface area contributed by atoms with Gasteiger partial charge in [-0.15, -0.1) is 0 Å². The molecule has 0 aliphatic carbocycles. The molecule has 0 radical (unpaired) electrons. The van der Waals surface area contributed by atoms with E-state index in [0.717, 1.165) is 16.9 Å². The van der Waals surface area contributed by atoms with Crippen molar-refractivity contribution in [3.63, 3.8) is 0 Å². The maximum absolute atomic E-state index is 13.6. The molecular weight excluding hydrogens is 536 g/mol. The Bertz CT molecular complexity index is 1360. The zero-order valence-corrected chi connectivity index (χ0v) is 23.2. The number of nitrogens with two attached hydrogens (primary N) is 2. The van der Waals surface area contributed by atoms with E-state index in [2.05, 4.69) is 20.6 Å². The minimum absolute atomic E-state index is 0.0668. The van der Waals surface area contributed by atoms with Gasteiger partial charge in [0.1, 0.15) is 17.2 Å². The molecule has 0 aliphatic heterocycles. The van der Waals surface area contributed by atoms with E-state index >= 15 is 0 Å². The van der Waals surface area contributed by atoms with Crippen LogP contribution in [0.4, 0.5) is 10.8 Å². The number of thiazole rings is 1. The molecule has 0 spiro atoms. The van der Waals surface area contributed by atoms with Gasteiger partial charge in [-0.05, 0) is 37.6 Å². The van der Waals surface area contributed by atoms with Gasteiger partial charge >= 0.3 is 5.97 Å². The number of methoxy groups -OCH3 is 1.